The zero-order valence-corrected chi connectivity index (χ0v) is 11.7. The van der Waals surface area contributed by atoms with Gasteiger partial charge in [-0.2, -0.15) is 5.10 Å². The van der Waals surface area contributed by atoms with Gasteiger partial charge in [-0.1, -0.05) is 0 Å². The molecule has 1 atom stereocenters. The summed E-state index contributed by atoms with van der Waals surface area (Å²) in [5.74, 6) is -1.82. The maximum absolute atomic E-state index is 11.6. The third-order valence-electron chi connectivity index (χ3n) is 2.72. The van der Waals surface area contributed by atoms with Crippen LogP contribution in [0.25, 0.3) is 0 Å². The maximum atomic E-state index is 11.6. The number of amides is 3. The van der Waals surface area contributed by atoms with E-state index in [-0.39, 0.29) is 12.8 Å². The van der Waals surface area contributed by atoms with Crippen LogP contribution in [0.1, 0.15) is 18.5 Å². The average Bonchev–Trinajstić information content (AvgIpc) is 2.79. The van der Waals surface area contributed by atoms with Gasteiger partial charge in [0.2, 0.25) is 5.91 Å². The monoisotopic (exact) mass is 297 g/mol. The van der Waals surface area contributed by atoms with E-state index in [0.29, 0.717) is 13.0 Å². The van der Waals surface area contributed by atoms with Crippen molar-refractivity contribution in [2.24, 2.45) is 12.8 Å². The molecule has 5 N–H and O–H groups in total. The van der Waals surface area contributed by atoms with Crippen molar-refractivity contribution >= 4 is 17.9 Å². The van der Waals surface area contributed by atoms with E-state index in [1.54, 1.807) is 17.9 Å². The Kier molecular flexibility index (Phi) is 6.18. The molecular weight excluding hydrogens is 278 g/mol. The lowest BCUT2D eigenvalue weighted by Crippen LogP contribution is -2.46. The van der Waals surface area contributed by atoms with Crippen molar-refractivity contribution in [1.29, 1.82) is 0 Å². The van der Waals surface area contributed by atoms with Crippen LogP contribution in [0.5, 0.6) is 0 Å². The predicted octanol–water partition coefficient (Wildman–Crippen LogP) is -1.02. The second-order valence-corrected chi connectivity index (χ2v) is 4.53. The molecule has 1 heterocycles. The number of aromatic nitrogens is 2. The van der Waals surface area contributed by atoms with Gasteiger partial charge in [0.25, 0.3) is 0 Å². The summed E-state index contributed by atoms with van der Waals surface area (Å²) in [6.45, 7) is 0.324. The standard InChI is InChI=1S/C12H19N5O4/c1-17-7-5-8(16-17)4-6-14-12(21)15-9(11(19)20)2-3-10(13)18/h5,7,9H,2-4,6H2,1H3,(H2,13,18)(H,19,20)(H2,14,15,21). The quantitative estimate of drug-likeness (QED) is 0.486. The minimum absolute atomic E-state index is 0.0433. The van der Waals surface area contributed by atoms with Crippen LogP contribution in [0.3, 0.4) is 0 Å². The number of aryl methyl sites for hydroxylation is 1. The highest BCUT2D eigenvalue weighted by Gasteiger charge is 2.20. The highest BCUT2D eigenvalue weighted by Crippen LogP contribution is 1.98. The van der Waals surface area contributed by atoms with E-state index in [9.17, 15) is 14.4 Å². The Balaban J connectivity index is 2.32. The number of hydrogen-bond acceptors (Lipinski definition) is 4. The first-order chi connectivity index (χ1) is 9.88. The van der Waals surface area contributed by atoms with Crippen molar-refractivity contribution in [2.75, 3.05) is 6.54 Å². The van der Waals surface area contributed by atoms with Crippen LogP contribution >= 0.6 is 0 Å². The lowest BCUT2D eigenvalue weighted by molar-refractivity contribution is -0.139. The van der Waals surface area contributed by atoms with Gasteiger partial charge < -0.3 is 21.5 Å². The number of nitrogens with two attached hydrogens (primary N) is 1. The summed E-state index contributed by atoms with van der Waals surface area (Å²) in [7, 11) is 1.79. The van der Waals surface area contributed by atoms with Gasteiger partial charge in [-0.25, -0.2) is 9.59 Å². The number of rotatable bonds is 8. The number of carboxylic acid groups (broad SMARTS) is 1. The molecule has 0 bridgehead atoms. The van der Waals surface area contributed by atoms with Gasteiger partial charge in [0.05, 0.1) is 5.69 Å². The van der Waals surface area contributed by atoms with Crippen LogP contribution in [-0.2, 0) is 23.1 Å². The summed E-state index contributed by atoms with van der Waals surface area (Å²) in [6, 6.07) is 0.0714. The first-order valence-corrected chi connectivity index (χ1v) is 6.42. The van der Waals surface area contributed by atoms with Crippen LogP contribution in [0.2, 0.25) is 0 Å². The molecule has 1 rings (SSSR count). The molecule has 0 aliphatic rings. The highest BCUT2D eigenvalue weighted by atomic mass is 16.4. The molecule has 0 aliphatic heterocycles. The molecule has 1 unspecified atom stereocenters. The fourth-order valence-corrected chi connectivity index (χ4v) is 1.65. The minimum Gasteiger partial charge on any atom is -0.480 e. The minimum atomic E-state index is -1.21. The van der Waals surface area contributed by atoms with E-state index < -0.39 is 23.9 Å². The number of carbonyl (C=O) groups excluding carboxylic acids is 2. The van der Waals surface area contributed by atoms with Crippen LogP contribution in [0.4, 0.5) is 4.79 Å². The second-order valence-electron chi connectivity index (χ2n) is 4.53. The number of carbonyl (C=O) groups is 3. The Labute approximate surface area is 121 Å². The van der Waals surface area contributed by atoms with Gasteiger partial charge in [-0.15, -0.1) is 0 Å². The zero-order chi connectivity index (χ0) is 15.8. The lowest BCUT2D eigenvalue weighted by Gasteiger charge is -2.14. The molecule has 0 fully saturated rings. The van der Waals surface area contributed by atoms with Gasteiger partial charge in [0, 0.05) is 32.6 Å². The molecule has 0 aromatic carbocycles. The van der Waals surface area contributed by atoms with Crippen molar-refractivity contribution in [3.05, 3.63) is 18.0 Å². The van der Waals surface area contributed by atoms with Gasteiger partial charge in [0.1, 0.15) is 6.04 Å². The predicted molar refractivity (Wildman–Crippen MR) is 73.3 cm³/mol. The van der Waals surface area contributed by atoms with E-state index in [0.717, 1.165) is 5.69 Å². The number of carboxylic acids is 1. The van der Waals surface area contributed by atoms with Crippen molar-refractivity contribution in [3.8, 4) is 0 Å². The summed E-state index contributed by atoms with van der Waals surface area (Å²) >= 11 is 0. The summed E-state index contributed by atoms with van der Waals surface area (Å²) in [5, 5.41) is 17.9. The van der Waals surface area contributed by atoms with Gasteiger partial charge in [-0.3, -0.25) is 9.48 Å². The van der Waals surface area contributed by atoms with E-state index in [2.05, 4.69) is 15.7 Å². The number of primary amides is 1. The molecule has 0 saturated heterocycles. The lowest BCUT2D eigenvalue weighted by atomic mass is 10.1. The molecule has 0 radical (unpaired) electrons. The van der Waals surface area contributed by atoms with Gasteiger partial charge in [-0.05, 0) is 12.5 Å². The van der Waals surface area contributed by atoms with Crippen LogP contribution in [0.15, 0.2) is 12.3 Å². The number of aliphatic carboxylic acids is 1. The molecule has 1 aromatic rings. The van der Waals surface area contributed by atoms with Crippen molar-refractivity contribution in [3.63, 3.8) is 0 Å². The molecule has 0 saturated carbocycles. The molecule has 0 aliphatic carbocycles. The van der Waals surface area contributed by atoms with E-state index in [1.807, 2.05) is 6.07 Å². The SMILES string of the molecule is Cn1ccc(CCNC(=O)NC(CCC(N)=O)C(=O)O)n1. The summed E-state index contributed by atoms with van der Waals surface area (Å²) in [6.07, 6.45) is 2.18. The molecule has 21 heavy (non-hydrogen) atoms. The van der Waals surface area contributed by atoms with Gasteiger partial charge >= 0.3 is 12.0 Å². The third-order valence-corrected chi connectivity index (χ3v) is 2.72. The third kappa shape index (κ3) is 6.41. The van der Waals surface area contributed by atoms with Crippen molar-refractivity contribution in [1.82, 2.24) is 20.4 Å². The largest absolute Gasteiger partial charge is 0.480 e. The van der Waals surface area contributed by atoms with E-state index in [1.165, 1.54) is 0 Å². The second kappa shape index (κ2) is 7.88. The number of nitrogens with zero attached hydrogens (tertiary/aromatic N) is 2. The van der Waals surface area contributed by atoms with Crippen molar-refractivity contribution in [2.45, 2.75) is 25.3 Å². The summed E-state index contributed by atoms with van der Waals surface area (Å²) in [5.41, 5.74) is 5.77. The maximum Gasteiger partial charge on any atom is 0.326 e. The highest BCUT2D eigenvalue weighted by molar-refractivity contribution is 5.83. The Morgan fingerprint density at radius 2 is 2.19 bits per heavy atom. The average molecular weight is 297 g/mol. The molecule has 9 nitrogen and oxygen atoms in total. The zero-order valence-electron chi connectivity index (χ0n) is 11.7. The normalized spacial score (nSPS) is 11.7. The molecular formula is C12H19N5O4. The first kappa shape index (κ1) is 16.5. The molecule has 9 heteroatoms. The molecule has 0 spiro atoms. The van der Waals surface area contributed by atoms with Gasteiger partial charge in [0.15, 0.2) is 0 Å². The topological polar surface area (TPSA) is 139 Å². The molecule has 116 valence electrons. The molecule has 3 amide bonds. The summed E-state index contributed by atoms with van der Waals surface area (Å²) in [4.78, 5) is 33.1. The Hall–Kier alpha value is -2.58. The number of hydrogen-bond donors (Lipinski definition) is 4. The fourth-order valence-electron chi connectivity index (χ4n) is 1.65. The van der Waals surface area contributed by atoms with E-state index in [4.69, 9.17) is 10.8 Å². The van der Waals surface area contributed by atoms with Crippen molar-refractivity contribution < 1.29 is 19.5 Å². The first-order valence-electron chi connectivity index (χ1n) is 6.42. The van der Waals surface area contributed by atoms with Crippen LogP contribution < -0.4 is 16.4 Å². The summed E-state index contributed by atoms with van der Waals surface area (Å²) < 4.78 is 1.65. The fraction of sp³-hybridized carbons (Fsp3) is 0.500. The Bertz CT molecular complexity index is 514. The Morgan fingerprint density at radius 3 is 2.71 bits per heavy atom. The van der Waals surface area contributed by atoms with E-state index >= 15 is 0 Å². The van der Waals surface area contributed by atoms with Crippen LogP contribution in [-0.4, -0.2) is 45.4 Å². The Morgan fingerprint density at radius 1 is 1.48 bits per heavy atom. The molecule has 1 aromatic heterocycles. The van der Waals surface area contributed by atoms with Crippen LogP contribution in [0, 0.1) is 0 Å². The smallest absolute Gasteiger partial charge is 0.326 e. The number of nitrogens with one attached hydrogen (secondary N) is 2. The number of urea groups is 1.